The van der Waals surface area contributed by atoms with E-state index in [0.717, 1.165) is 70.6 Å². The Balaban J connectivity index is 1.69. The van der Waals surface area contributed by atoms with E-state index in [2.05, 4.69) is 31.1 Å². The number of hydrogen-bond donors (Lipinski definition) is 1. The number of hydrogen-bond acceptors (Lipinski definition) is 5. The number of nitrogens with two attached hydrogens (primary N) is 1. The van der Waals surface area contributed by atoms with E-state index in [4.69, 9.17) is 10.7 Å². The maximum Gasteiger partial charge on any atom is 0.222 e. The highest BCUT2D eigenvalue weighted by Crippen LogP contribution is 2.26. The number of aromatic nitrogens is 1. The lowest BCUT2D eigenvalue weighted by Crippen LogP contribution is -2.48. The number of unbranched alkanes of at least 4 members (excludes halogenated alkanes) is 3. The van der Waals surface area contributed by atoms with E-state index in [-0.39, 0.29) is 5.41 Å². The Morgan fingerprint density at radius 2 is 1.84 bits per heavy atom. The molecule has 1 aromatic rings. The molecule has 0 unspecified atom stereocenters. The molecule has 1 amide bonds. The van der Waals surface area contributed by atoms with Crippen molar-refractivity contribution < 1.29 is 4.79 Å². The number of amides is 1. The third-order valence-corrected chi connectivity index (χ3v) is 5.97. The Morgan fingerprint density at radius 1 is 1.16 bits per heavy atom. The Morgan fingerprint density at radius 3 is 2.44 bits per heavy atom. The van der Waals surface area contributed by atoms with Gasteiger partial charge in [0.05, 0.1) is 10.7 Å². The molecule has 2 N–H and O–H groups in total. The lowest BCUT2D eigenvalue weighted by atomic mass is 9.98. The van der Waals surface area contributed by atoms with Gasteiger partial charge in [-0.3, -0.25) is 9.69 Å². The van der Waals surface area contributed by atoms with E-state index < -0.39 is 0 Å². The van der Waals surface area contributed by atoms with Crippen LogP contribution in [0, 0.1) is 0 Å². The number of rotatable bonds is 8. The van der Waals surface area contributed by atoms with Crippen LogP contribution >= 0.6 is 11.3 Å². The fourth-order valence-electron chi connectivity index (χ4n) is 3.04. The van der Waals surface area contributed by atoms with Gasteiger partial charge in [-0.2, -0.15) is 0 Å². The summed E-state index contributed by atoms with van der Waals surface area (Å²) in [6.45, 7) is 11.8. The lowest BCUT2D eigenvalue weighted by Gasteiger charge is -2.34. The summed E-state index contributed by atoms with van der Waals surface area (Å²) < 4.78 is 0. The summed E-state index contributed by atoms with van der Waals surface area (Å²) in [5.41, 5.74) is 6.78. The fraction of sp³-hybridized carbons (Fsp3) is 0.789. The van der Waals surface area contributed by atoms with Gasteiger partial charge < -0.3 is 10.6 Å². The van der Waals surface area contributed by atoms with Crippen LogP contribution in [0.15, 0.2) is 5.38 Å². The number of carbonyl (C=O) groups excluding carboxylic acids is 1. The van der Waals surface area contributed by atoms with Crippen LogP contribution in [0.5, 0.6) is 0 Å². The van der Waals surface area contributed by atoms with Crippen molar-refractivity contribution >= 4 is 17.2 Å². The topological polar surface area (TPSA) is 62.5 Å². The van der Waals surface area contributed by atoms with Crippen molar-refractivity contribution in [2.75, 3.05) is 32.7 Å². The van der Waals surface area contributed by atoms with Crippen molar-refractivity contribution in [2.45, 2.75) is 64.8 Å². The Labute approximate surface area is 156 Å². The second-order valence-corrected chi connectivity index (χ2v) is 8.86. The molecule has 0 atom stereocenters. The summed E-state index contributed by atoms with van der Waals surface area (Å²) in [7, 11) is 0. The minimum Gasteiger partial charge on any atom is -0.340 e. The molecule has 1 aliphatic rings. The zero-order valence-electron chi connectivity index (χ0n) is 16.1. The molecule has 25 heavy (non-hydrogen) atoms. The van der Waals surface area contributed by atoms with Crippen molar-refractivity contribution in [2.24, 2.45) is 5.73 Å². The van der Waals surface area contributed by atoms with Gasteiger partial charge in [-0.1, -0.05) is 33.6 Å². The van der Waals surface area contributed by atoms with Gasteiger partial charge in [-0.05, 0) is 19.4 Å². The van der Waals surface area contributed by atoms with Crippen LogP contribution < -0.4 is 5.73 Å². The molecule has 0 saturated carbocycles. The van der Waals surface area contributed by atoms with Crippen LogP contribution in [-0.2, 0) is 16.8 Å². The SMILES string of the molecule is CC(C)(C)c1nc(CN2CCN(C(=O)CCCCCCN)CC2)cs1. The van der Waals surface area contributed by atoms with E-state index in [1.807, 2.05) is 4.90 Å². The standard InChI is InChI=1S/C19H34N4OS/c1-19(2,3)18-21-16(15-25-18)14-22-10-12-23(13-11-22)17(24)8-6-4-5-7-9-20/h15H,4-14,20H2,1-3H3. The van der Waals surface area contributed by atoms with Crippen LogP contribution in [0.1, 0.15) is 63.6 Å². The number of piperazine rings is 1. The van der Waals surface area contributed by atoms with Crippen molar-refractivity contribution in [3.8, 4) is 0 Å². The third kappa shape index (κ3) is 6.68. The summed E-state index contributed by atoms with van der Waals surface area (Å²) in [6, 6.07) is 0. The van der Waals surface area contributed by atoms with Crippen molar-refractivity contribution in [3.05, 3.63) is 16.1 Å². The van der Waals surface area contributed by atoms with E-state index in [1.54, 1.807) is 11.3 Å². The number of carbonyl (C=O) groups is 1. The molecule has 1 saturated heterocycles. The Hall–Kier alpha value is -0.980. The summed E-state index contributed by atoms with van der Waals surface area (Å²) in [6.07, 6.45) is 5.00. The molecule has 0 aliphatic carbocycles. The second-order valence-electron chi connectivity index (χ2n) is 8.00. The third-order valence-electron chi connectivity index (χ3n) is 4.65. The minimum atomic E-state index is 0.123. The first-order valence-electron chi connectivity index (χ1n) is 9.55. The van der Waals surface area contributed by atoms with Gasteiger partial charge >= 0.3 is 0 Å². The van der Waals surface area contributed by atoms with Crippen LogP contribution in [0.2, 0.25) is 0 Å². The Bertz CT molecular complexity index is 530. The highest BCUT2D eigenvalue weighted by molar-refractivity contribution is 7.09. The average molecular weight is 367 g/mol. The normalized spacial score (nSPS) is 16.4. The summed E-state index contributed by atoms with van der Waals surface area (Å²) in [5.74, 6) is 0.316. The van der Waals surface area contributed by atoms with Gasteiger partial charge in [-0.15, -0.1) is 11.3 Å². The Kier molecular flexibility index (Phi) is 7.84. The molecule has 5 nitrogen and oxygen atoms in total. The van der Waals surface area contributed by atoms with Gasteiger partial charge in [0.2, 0.25) is 5.91 Å². The van der Waals surface area contributed by atoms with E-state index in [9.17, 15) is 4.79 Å². The molecule has 6 heteroatoms. The monoisotopic (exact) mass is 366 g/mol. The zero-order chi connectivity index (χ0) is 18.3. The van der Waals surface area contributed by atoms with E-state index >= 15 is 0 Å². The molecule has 0 spiro atoms. The fourth-order valence-corrected chi connectivity index (χ4v) is 3.94. The summed E-state index contributed by atoms with van der Waals surface area (Å²) in [5, 5.41) is 3.38. The largest absolute Gasteiger partial charge is 0.340 e. The molecule has 1 fully saturated rings. The van der Waals surface area contributed by atoms with Gasteiger partial charge in [-0.25, -0.2) is 4.98 Å². The van der Waals surface area contributed by atoms with Crippen LogP contribution in [0.3, 0.4) is 0 Å². The maximum atomic E-state index is 12.3. The highest BCUT2D eigenvalue weighted by Gasteiger charge is 2.22. The number of nitrogens with zero attached hydrogens (tertiary/aromatic N) is 3. The zero-order valence-corrected chi connectivity index (χ0v) is 16.9. The van der Waals surface area contributed by atoms with Crippen LogP contribution in [0.4, 0.5) is 0 Å². The lowest BCUT2D eigenvalue weighted by molar-refractivity contribution is -0.133. The second kappa shape index (κ2) is 9.64. The first-order chi connectivity index (χ1) is 11.9. The van der Waals surface area contributed by atoms with Crippen LogP contribution in [-0.4, -0.2) is 53.4 Å². The summed E-state index contributed by atoms with van der Waals surface area (Å²) >= 11 is 1.75. The van der Waals surface area contributed by atoms with Crippen molar-refractivity contribution in [1.29, 1.82) is 0 Å². The van der Waals surface area contributed by atoms with E-state index in [0.29, 0.717) is 12.3 Å². The first-order valence-corrected chi connectivity index (χ1v) is 10.4. The molecule has 2 rings (SSSR count). The molecule has 1 aliphatic heterocycles. The number of thiazole rings is 1. The summed E-state index contributed by atoms with van der Waals surface area (Å²) in [4.78, 5) is 21.5. The molecule has 0 bridgehead atoms. The molecular formula is C19H34N4OS. The predicted molar refractivity (Wildman–Crippen MR) is 105 cm³/mol. The minimum absolute atomic E-state index is 0.123. The van der Waals surface area contributed by atoms with Crippen molar-refractivity contribution in [3.63, 3.8) is 0 Å². The molecular weight excluding hydrogens is 332 g/mol. The highest BCUT2D eigenvalue weighted by atomic mass is 32.1. The smallest absolute Gasteiger partial charge is 0.222 e. The molecule has 2 heterocycles. The van der Waals surface area contributed by atoms with E-state index in [1.165, 1.54) is 5.01 Å². The molecule has 1 aromatic heterocycles. The maximum absolute atomic E-state index is 12.3. The molecule has 0 aromatic carbocycles. The quantitative estimate of drug-likeness (QED) is 0.719. The van der Waals surface area contributed by atoms with Crippen LogP contribution in [0.25, 0.3) is 0 Å². The van der Waals surface area contributed by atoms with Gasteiger partial charge in [0.25, 0.3) is 0 Å². The molecule has 142 valence electrons. The van der Waals surface area contributed by atoms with Gasteiger partial charge in [0, 0.05) is 49.9 Å². The van der Waals surface area contributed by atoms with Gasteiger partial charge in [0.15, 0.2) is 0 Å². The molecule has 0 radical (unpaired) electrons. The van der Waals surface area contributed by atoms with Gasteiger partial charge in [0.1, 0.15) is 0 Å². The average Bonchev–Trinajstić information content (AvgIpc) is 3.04. The first kappa shape index (κ1) is 20.3. The predicted octanol–water partition coefficient (Wildman–Crippen LogP) is 2.99. The van der Waals surface area contributed by atoms with Crippen molar-refractivity contribution in [1.82, 2.24) is 14.8 Å².